The fourth-order valence-electron chi connectivity index (χ4n) is 2.21. The van der Waals surface area contributed by atoms with Crippen molar-refractivity contribution in [3.63, 3.8) is 0 Å². The molecule has 0 spiro atoms. The predicted molar refractivity (Wildman–Crippen MR) is 80.2 cm³/mol. The highest BCUT2D eigenvalue weighted by molar-refractivity contribution is 5.80. The summed E-state index contributed by atoms with van der Waals surface area (Å²) in [7, 11) is 0. The molecule has 1 heterocycles. The van der Waals surface area contributed by atoms with Gasteiger partial charge >= 0.3 is 0 Å². The van der Waals surface area contributed by atoms with Gasteiger partial charge in [-0.05, 0) is 29.0 Å². The van der Waals surface area contributed by atoms with Gasteiger partial charge in [-0.25, -0.2) is 0 Å². The molecular weight excluding hydrogens is 236 g/mol. The van der Waals surface area contributed by atoms with Gasteiger partial charge in [0.1, 0.15) is 0 Å². The SMILES string of the molecule is CC(CO)Cn1ccc2ccc(CNC(C)C)cc21. The molecule has 104 valence electrons. The Labute approximate surface area is 115 Å². The number of fused-ring (bicyclic) bond motifs is 1. The molecule has 2 rings (SSSR count). The number of hydrogen-bond acceptors (Lipinski definition) is 2. The van der Waals surface area contributed by atoms with Crippen LogP contribution < -0.4 is 5.32 Å². The molecule has 0 amide bonds. The zero-order valence-corrected chi connectivity index (χ0v) is 12.1. The van der Waals surface area contributed by atoms with E-state index < -0.39 is 0 Å². The summed E-state index contributed by atoms with van der Waals surface area (Å²) in [6.45, 7) is 8.37. The van der Waals surface area contributed by atoms with E-state index in [1.54, 1.807) is 0 Å². The molecule has 0 aliphatic heterocycles. The van der Waals surface area contributed by atoms with E-state index in [2.05, 4.69) is 61.1 Å². The summed E-state index contributed by atoms with van der Waals surface area (Å²) < 4.78 is 2.23. The summed E-state index contributed by atoms with van der Waals surface area (Å²) in [6, 6.07) is 9.23. The average Bonchev–Trinajstić information content (AvgIpc) is 2.79. The Hall–Kier alpha value is -1.32. The number of benzene rings is 1. The minimum absolute atomic E-state index is 0.230. The summed E-state index contributed by atoms with van der Waals surface area (Å²) in [4.78, 5) is 0. The monoisotopic (exact) mass is 260 g/mol. The molecule has 0 aliphatic rings. The van der Waals surface area contributed by atoms with E-state index in [1.165, 1.54) is 16.5 Å². The van der Waals surface area contributed by atoms with E-state index in [0.29, 0.717) is 6.04 Å². The van der Waals surface area contributed by atoms with E-state index in [-0.39, 0.29) is 12.5 Å². The third-order valence-corrected chi connectivity index (χ3v) is 3.37. The summed E-state index contributed by atoms with van der Waals surface area (Å²) >= 11 is 0. The first kappa shape index (κ1) is 14.1. The second-order valence-corrected chi connectivity index (χ2v) is 5.68. The smallest absolute Gasteiger partial charge is 0.0483 e. The van der Waals surface area contributed by atoms with Crippen LogP contribution in [0.15, 0.2) is 30.5 Å². The van der Waals surface area contributed by atoms with Crippen LogP contribution in [0.5, 0.6) is 0 Å². The average molecular weight is 260 g/mol. The second-order valence-electron chi connectivity index (χ2n) is 5.68. The molecule has 0 aliphatic carbocycles. The summed E-state index contributed by atoms with van der Waals surface area (Å²) in [5, 5.41) is 13.9. The van der Waals surface area contributed by atoms with Crippen LogP contribution in [0.4, 0.5) is 0 Å². The van der Waals surface area contributed by atoms with Crippen molar-refractivity contribution in [2.24, 2.45) is 5.92 Å². The van der Waals surface area contributed by atoms with Crippen molar-refractivity contribution in [1.29, 1.82) is 0 Å². The standard InChI is InChI=1S/C16H24N2O/c1-12(2)17-9-14-4-5-15-6-7-18(16(15)8-14)10-13(3)11-19/h4-8,12-13,17,19H,9-11H2,1-3H3. The Balaban J connectivity index is 2.21. The Morgan fingerprint density at radius 3 is 2.68 bits per heavy atom. The normalized spacial score (nSPS) is 13.3. The predicted octanol–water partition coefficient (Wildman–Crippen LogP) is 2.77. The number of aliphatic hydroxyl groups excluding tert-OH is 1. The number of aliphatic hydroxyl groups is 1. The van der Waals surface area contributed by atoms with E-state index in [9.17, 15) is 5.11 Å². The van der Waals surface area contributed by atoms with E-state index >= 15 is 0 Å². The molecule has 1 aromatic heterocycles. The molecule has 1 atom stereocenters. The van der Waals surface area contributed by atoms with E-state index in [0.717, 1.165) is 13.1 Å². The summed E-state index contributed by atoms with van der Waals surface area (Å²) in [5.41, 5.74) is 2.56. The number of rotatable bonds is 6. The lowest BCUT2D eigenvalue weighted by atomic mass is 10.1. The molecule has 2 aromatic rings. The maximum atomic E-state index is 9.18. The molecule has 2 N–H and O–H groups in total. The van der Waals surface area contributed by atoms with Crippen LogP contribution in [0.2, 0.25) is 0 Å². The highest BCUT2D eigenvalue weighted by atomic mass is 16.3. The van der Waals surface area contributed by atoms with Crippen molar-refractivity contribution in [3.05, 3.63) is 36.0 Å². The Morgan fingerprint density at radius 1 is 1.21 bits per heavy atom. The molecule has 0 fully saturated rings. The highest BCUT2D eigenvalue weighted by Gasteiger charge is 2.06. The van der Waals surface area contributed by atoms with Gasteiger partial charge in [-0.15, -0.1) is 0 Å². The highest BCUT2D eigenvalue weighted by Crippen LogP contribution is 2.19. The largest absolute Gasteiger partial charge is 0.396 e. The lowest BCUT2D eigenvalue weighted by Crippen LogP contribution is -2.21. The van der Waals surface area contributed by atoms with Gasteiger partial charge < -0.3 is 15.0 Å². The molecular formula is C16H24N2O. The second kappa shape index (κ2) is 6.22. The van der Waals surface area contributed by atoms with E-state index in [1.807, 2.05) is 0 Å². The third-order valence-electron chi connectivity index (χ3n) is 3.37. The molecule has 0 bridgehead atoms. The van der Waals surface area contributed by atoms with Gasteiger partial charge in [0.15, 0.2) is 0 Å². The minimum atomic E-state index is 0.230. The molecule has 19 heavy (non-hydrogen) atoms. The lowest BCUT2D eigenvalue weighted by molar-refractivity contribution is 0.224. The number of nitrogens with one attached hydrogen (secondary N) is 1. The number of hydrogen-bond donors (Lipinski definition) is 2. The van der Waals surface area contributed by atoms with E-state index in [4.69, 9.17) is 0 Å². The van der Waals surface area contributed by atoms with Gasteiger partial charge in [0.05, 0.1) is 0 Å². The van der Waals surface area contributed by atoms with Gasteiger partial charge in [-0.1, -0.05) is 32.9 Å². The maximum Gasteiger partial charge on any atom is 0.0483 e. The van der Waals surface area contributed by atoms with Gasteiger partial charge in [0.25, 0.3) is 0 Å². The van der Waals surface area contributed by atoms with Crippen LogP contribution in [0.25, 0.3) is 10.9 Å². The fourth-order valence-corrected chi connectivity index (χ4v) is 2.21. The first-order valence-electron chi connectivity index (χ1n) is 7.02. The lowest BCUT2D eigenvalue weighted by Gasteiger charge is -2.12. The maximum absolute atomic E-state index is 9.18. The Morgan fingerprint density at radius 2 is 2.00 bits per heavy atom. The van der Waals surface area contributed by atoms with Gasteiger partial charge in [-0.3, -0.25) is 0 Å². The van der Waals surface area contributed by atoms with Crippen LogP contribution in [0, 0.1) is 5.92 Å². The van der Waals surface area contributed by atoms with Gasteiger partial charge in [-0.2, -0.15) is 0 Å². The number of nitrogens with zero attached hydrogens (tertiary/aromatic N) is 1. The third kappa shape index (κ3) is 3.58. The zero-order valence-electron chi connectivity index (χ0n) is 12.1. The van der Waals surface area contributed by atoms with Crippen molar-refractivity contribution in [3.8, 4) is 0 Å². The molecule has 3 heteroatoms. The van der Waals surface area contributed by atoms with Crippen LogP contribution in [-0.2, 0) is 13.1 Å². The number of aromatic nitrogens is 1. The van der Waals surface area contributed by atoms with Crippen molar-refractivity contribution >= 4 is 10.9 Å². The molecule has 0 saturated carbocycles. The van der Waals surface area contributed by atoms with Crippen molar-refractivity contribution in [1.82, 2.24) is 9.88 Å². The first-order chi connectivity index (χ1) is 9.10. The van der Waals surface area contributed by atoms with Crippen LogP contribution in [0.1, 0.15) is 26.3 Å². The fraction of sp³-hybridized carbons (Fsp3) is 0.500. The Kier molecular flexibility index (Phi) is 4.61. The summed E-state index contributed by atoms with van der Waals surface area (Å²) in [5.74, 6) is 0.285. The minimum Gasteiger partial charge on any atom is -0.396 e. The molecule has 3 nitrogen and oxygen atoms in total. The quantitative estimate of drug-likeness (QED) is 0.838. The molecule has 0 saturated heterocycles. The summed E-state index contributed by atoms with van der Waals surface area (Å²) in [6.07, 6.45) is 2.11. The zero-order chi connectivity index (χ0) is 13.8. The Bertz CT molecular complexity index is 531. The van der Waals surface area contributed by atoms with Crippen LogP contribution in [-0.4, -0.2) is 22.3 Å². The van der Waals surface area contributed by atoms with Crippen molar-refractivity contribution in [2.45, 2.75) is 39.9 Å². The molecule has 0 radical (unpaired) electrons. The molecule has 1 unspecified atom stereocenters. The van der Waals surface area contributed by atoms with Crippen molar-refractivity contribution in [2.75, 3.05) is 6.61 Å². The van der Waals surface area contributed by atoms with Gasteiger partial charge in [0.2, 0.25) is 0 Å². The van der Waals surface area contributed by atoms with Gasteiger partial charge in [0, 0.05) is 37.5 Å². The van der Waals surface area contributed by atoms with Crippen molar-refractivity contribution < 1.29 is 5.11 Å². The van der Waals surface area contributed by atoms with Crippen LogP contribution >= 0.6 is 0 Å². The molecule has 1 aromatic carbocycles. The topological polar surface area (TPSA) is 37.2 Å². The first-order valence-corrected chi connectivity index (χ1v) is 7.02. The van der Waals surface area contributed by atoms with Crippen LogP contribution in [0.3, 0.4) is 0 Å².